The summed E-state index contributed by atoms with van der Waals surface area (Å²) in [6.45, 7) is 0. The molecule has 2 fully saturated rings. The first-order valence-corrected chi connectivity index (χ1v) is 5.96. The number of hydrazine groups is 1. The van der Waals surface area contributed by atoms with Crippen LogP contribution in [-0.4, -0.2) is 22.8 Å². The molecule has 0 amide bonds. The van der Waals surface area contributed by atoms with Gasteiger partial charge in [-0.05, 0) is 37.9 Å². The molecule has 2 N–H and O–H groups in total. The van der Waals surface area contributed by atoms with E-state index in [4.69, 9.17) is 12.2 Å². The smallest absolute Gasteiger partial charge is 0.184 e. The molecule has 1 heterocycles. The summed E-state index contributed by atoms with van der Waals surface area (Å²) in [6.07, 6.45) is 9.11. The molecule has 1 aliphatic carbocycles. The molecule has 0 bridgehead atoms. The Labute approximate surface area is 91.2 Å². The van der Waals surface area contributed by atoms with Crippen LogP contribution in [0.15, 0.2) is 0 Å². The van der Waals surface area contributed by atoms with Gasteiger partial charge in [0.15, 0.2) is 5.11 Å². The predicted octanol–water partition coefficient (Wildman–Crippen LogP) is 1.75. The number of hydrogen-bond donors (Lipinski definition) is 2. The van der Waals surface area contributed by atoms with Crippen LogP contribution in [-0.2, 0) is 0 Å². The van der Waals surface area contributed by atoms with E-state index in [-0.39, 0.29) is 5.66 Å². The van der Waals surface area contributed by atoms with Crippen LogP contribution < -0.4 is 10.7 Å². The molecule has 0 aromatic heterocycles. The molecule has 1 aliphatic heterocycles. The standard InChI is InChI=1S/C10H19N3S/c1-13-9(14)11-10(12-13)7-5-3-2-4-6-8-10/h12H,2-8H2,1H3,(H,11,14). The molecule has 2 rings (SSSR count). The number of thiocarbonyl (C=S) groups is 1. The van der Waals surface area contributed by atoms with Crippen LogP contribution >= 0.6 is 12.2 Å². The maximum absolute atomic E-state index is 5.23. The van der Waals surface area contributed by atoms with Crippen LogP contribution in [0.1, 0.15) is 44.9 Å². The molecule has 1 spiro atoms. The fourth-order valence-electron chi connectivity index (χ4n) is 2.43. The van der Waals surface area contributed by atoms with Gasteiger partial charge in [-0.15, -0.1) is 0 Å². The highest BCUT2D eigenvalue weighted by Gasteiger charge is 2.37. The molecular formula is C10H19N3S. The van der Waals surface area contributed by atoms with Crippen LogP contribution in [0.2, 0.25) is 0 Å². The van der Waals surface area contributed by atoms with Crippen molar-refractivity contribution in [1.82, 2.24) is 15.8 Å². The summed E-state index contributed by atoms with van der Waals surface area (Å²) in [4.78, 5) is 0. The maximum Gasteiger partial charge on any atom is 0.184 e. The van der Waals surface area contributed by atoms with Gasteiger partial charge >= 0.3 is 0 Å². The highest BCUT2D eigenvalue weighted by atomic mass is 32.1. The molecule has 3 nitrogen and oxygen atoms in total. The molecular weight excluding hydrogens is 194 g/mol. The Hall–Kier alpha value is -0.350. The Kier molecular flexibility index (Phi) is 2.93. The predicted molar refractivity (Wildman–Crippen MR) is 61.7 cm³/mol. The number of rotatable bonds is 0. The summed E-state index contributed by atoms with van der Waals surface area (Å²) >= 11 is 5.23. The average molecular weight is 213 g/mol. The van der Waals surface area contributed by atoms with Gasteiger partial charge in [0.25, 0.3) is 0 Å². The van der Waals surface area contributed by atoms with E-state index < -0.39 is 0 Å². The Bertz CT molecular complexity index is 221. The van der Waals surface area contributed by atoms with Crippen molar-refractivity contribution in [1.29, 1.82) is 0 Å². The first kappa shape index (κ1) is 10.2. The fraction of sp³-hybridized carbons (Fsp3) is 0.900. The van der Waals surface area contributed by atoms with E-state index in [1.165, 1.54) is 44.9 Å². The van der Waals surface area contributed by atoms with E-state index in [9.17, 15) is 0 Å². The molecule has 0 aromatic rings. The third-order valence-electron chi connectivity index (χ3n) is 3.24. The zero-order chi connectivity index (χ0) is 10.0. The third kappa shape index (κ3) is 2.01. The molecule has 0 aromatic carbocycles. The highest BCUT2D eigenvalue weighted by molar-refractivity contribution is 7.80. The first-order valence-electron chi connectivity index (χ1n) is 5.56. The second-order valence-corrected chi connectivity index (χ2v) is 4.84. The quantitative estimate of drug-likeness (QED) is 0.600. The topological polar surface area (TPSA) is 27.3 Å². The number of hydrogen-bond acceptors (Lipinski definition) is 2. The third-order valence-corrected chi connectivity index (χ3v) is 3.62. The minimum Gasteiger partial charge on any atom is -0.342 e. The Morgan fingerprint density at radius 2 is 1.71 bits per heavy atom. The molecule has 1 saturated heterocycles. The molecule has 80 valence electrons. The van der Waals surface area contributed by atoms with Gasteiger partial charge in [0.05, 0.1) is 0 Å². The van der Waals surface area contributed by atoms with Crippen molar-refractivity contribution in [2.45, 2.75) is 50.6 Å². The van der Waals surface area contributed by atoms with Crippen molar-refractivity contribution in [3.63, 3.8) is 0 Å². The minimum atomic E-state index is 0.0756. The van der Waals surface area contributed by atoms with E-state index in [1.807, 2.05) is 12.1 Å². The minimum absolute atomic E-state index is 0.0756. The largest absolute Gasteiger partial charge is 0.342 e. The molecule has 4 heteroatoms. The van der Waals surface area contributed by atoms with Crippen LogP contribution in [0.4, 0.5) is 0 Å². The summed E-state index contributed by atoms with van der Waals surface area (Å²) in [5.74, 6) is 0. The van der Waals surface area contributed by atoms with E-state index in [2.05, 4.69) is 10.7 Å². The van der Waals surface area contributed by atoms with Crippen molar-refractivity contribution in [3.8, 4) is 0 Å². The SMILES string of the molecule is CN1NC2(CCCCCCC2)NC1=S. The van der Waals surface area contributed by atoms with Crippen molar-refractivity contribution in [2.75, 3.05) is 7.05 Å². The summed E-state index contributed by atoms with van der Waals surface area (Å²) in [6, 6.07) is 0. The van der Waals surface area contributed by atoms with Crippen LogP contribution in [0.5, 0.6) is 0 Å². The van der Waals surface area contributed by atoms with E-state index in [1.54, 1.807) is 0 Å². The van der Waals surface area contributed by atoms with Gasteiger partial charge in [-0.2, -0.15) is 0 Å². The van der Waals surface area contributed by atoms with Gasteiger partial charge in [0.1, 0.15) is 5.66 Å². The summed E-state index contributed by atoms with van der Waals surface area (Å²) < 4.78 is 0. The molecule has 0 radical (unpaired) electrons. The van der Waals surface area contributed by atoms with Gasteiger partial charge in [-0.25, -0.2) is 5.43 Å². The first-order chi connectivity index (χ1) is 6.72. The second-order valence-electron chi connectivity index (χ2n) is 4.45. The zero-order valence-electron chi connectivity index (χ0n) is 8.81. The Morgan fingerprint density at radius 3 is 2.21 bits per heavy atom. The molecule has 2 aliphatic rings. The second kappa shape index (κ2) is 4.03. The van der Waals surface area contributed by atoms with Crippen molar-refractivity contribution in [3.05, 3.63) is 0 Å². The summed E-state index contributed by atoms with van der Waals surface area (Å²) in [7, 11) is 1.99. The van der Waals surface area contributed by atoms with Crippen LogP contribution in [0.3, 0.4) is 0 Å². The summed E-state index contributed by atoms with van der Waals surface area (Å²) in [5, 5.41) is 6.21. The lowest BCUT2D eigenvalue weighted by atomic mass is 9.92. The van der Waals surface area contributed by atoms with E-state index in [0.29, 0.717) is 0 Å². The normalized spacial score (nSPS) is 27.2. The maximum atomic E-state index is 5.23. The van der Waals surface area contributed by atoms with Crippen molar-refractivity contribution in [2.24, 2.45) is 0 Å². The Balaban J connectivity index is 2.02. The highest BCUT2D eigenvalue weighted by Crippen LogP contribution is 2.26. The van der Waals surface area contributed by atoms with Gasteiger partial charge < -0.3 is 5.32 Å². The van der Waals surface area contributed by atoms with Crippen molar-refractivity contribution < 1.29 is 0 Å². The van der Waals surface area contributed by atoms with Crippen LogP contribution in [0, 0.1) is 0 Å². The van der Waals surface area contributed by atoms with Crippen molar-refractivity contribution >= 4 is 17.3 Å². The molecule has 0 unspecified atom stereocenters. The van der Waals surface area contributed by atoms with Gasteiger partial charge in [0, 0.05) is 7.05 Å². The molecule has 0 atom stereocenters. The number of nitrogens with one attached hydrogen (secondary N) is 2. The zero-order valence-corrected chi connectivity index (χ0v) is 9.62. The average Bonchev–Trinajstić information content (AvgIpc) is 2.38. The van der Waals surface area contributed by atoms with Gasteiger partial charge in [0.2, 0.25) is 0 Å². The lowest BCUT2D eigenvalue weighted by molar-refractivity contribution is 0.193. The van der Waals surface area contributed by atoms with Crippen LogP contribution in [0.25, 0.3) is 0 Å². The molecule has 1 saturated carbocycles. The fourth-order valence-corrected chi connectivity index (χ4v) is 2.67. The molecule has 14 heavy (non-hydrogen) atoms. The van der Waals surface area contributed by atoms with E-state index in [0.717, 1.165) is 5.11 Å². The van der Waals surface area contributed by atoms with E-state index >= 15 is 0 Å². The van der Waals surface area contributed by atoms with Gasteiger partial charge in [-0.3, -0.25) is 5.01 Å². The lowest BCUT2D eigenvalue weighted by Gasteiger charge is -2.31. The monoisotopic (exact) mass is 213 g/mol. The van der Waals surface area contributed by atoms with Gasteiger partial charge in [-0.1, -0.05) is 19.3 Å². The summed E-state index contributed by atoms with van der Waals surface area (Å²) in [5.41, 5.74) is 3.54. The lowest BCUT2D eigenvalue weighted by Crippen LogP contribution is -2.51. The number of nitrogens with zero attached hydrogens (tertiary/aromatic N) is 1. The Morgan fingerprint density at radius 1 is 1.14 bits per heavy atom.